The van der Waals surface area contributed by atoms with Crippen molar-refractivity contribution < 1.29 is 24.5 Å². The van der Waals surface area contributed by atoms with Gasteiger partial charge in [-0.25, -0.2) is 9.59 Å². The van der Waals surface area contributed by atoms with Crippen molar-refractivity contribution in [1.82, 2.24) is 4.90 Å². The third-order valence-corrected chi connectivity index (χ3v) is 6.06. The predicted molar refractivity (Wildman–Crippen MR) is 126 cm³/mol. The number of piperidine rings is 1. The van der Waals surface area contributed by atoms with Crippen molar-refractivity contribution in [3.8, 4) is 12.3 Å². The van der Waals surface area contributed by atoms with Crippen LogP contribution < -0.4 is 0 Å². The summed E-state index contributed by atoms with van der Waals surface area (Å²) in [4.78, 5) is 20.7. The largest absolute Gasteiger partial charge is 0.473 e. The van der Waals surface area contributed by atoms with Gasteiger partial charge in [0.25, 0.3) is 0 Å². The van der Waals surface area contributed by atoms with E-state index < -0.39 is 11.9 Å². The highest BCUT2D eigenvalue weighted by Crippen LogP contribution is 2.38. The van der Waals surface area contributed by atoms with Crippen molar-refractivity contribution in [2.75, 3.05) is 13.2 Å². The van der Waals surface area contributed by atoms with E-state index in [9.17, 15) is 0 Å². The minimum Gasteiger partial charge on any atom is -0.473 e. The van der Waals surface area contributed by atoms with E-state index in [1.165, 1.54) is 29.5 Å². The monoisotopic (exact) mass is 447 g/mol. The van der Waals surface area contributed by atoms with Gasteiger partial charge < -0.3 is 14.9 Å². The van der Waals surface area contributed by atoms with Gasteiger partial charge in [-0.15, -0.1) is 6.42 Å². The maximum Gasteiger partial charge on any atom is 0.414 e. The van der Waals surface area contributed by atoms with Gasteiger partial charge in [-0.05, 0) is 36.8 Å². The van der Waals surface area contributed by atoms with Gasteiger partial charge in [0.2, 0.25) is 0 Å². The Balaban J connectivity index is 0.000000454. The van der Waals surface area contributed by atoms with Crippen LogP contribution in [-0.2, 0) is 14.3 Å². The summed E-state index contributed by atoms with van der Waals surface area (Å²) in [6.45, 7) is 1.45. The Morgan fingerprint density at radius 1 is 0.970 bits per heavy atom. The number of ether oxygens (including phenoxy) is 1. The number of hydrogen-bond donors (Lipinski definition) is 2. The predicted octanol–water partition coefficient (Wildman–Crippen LogP) is 4.13. The van der Waals surface area contributed by atoms with Gasteiger partial charge >= 0.3 is 11.9 Å². The van der Waals surface area contributed by atoms with Crippen LogP contribution in [0.15, 0.2) is 72.3 Å². The lowest BCUT2D eigenvalue weighted by Gasteiger charge is -2.34. The summed E-state index contributed by atoms with van der Waals surface area (Å²) in [6.07, 6.45) is 12.7. The van der Waals surface area contributed by atoms with E-state index in [1.54, 1.807) is 0 Å². The molecule has 6 nitrogen and oxygen atoms in total. The van der Waals surface area contributed by atoms with Crippen LogP contribution in [0.4, 0.5) is 0 Å². The highest BCUT2D eigenvalue weighted by molar-refractivity contribution is 6.27. The molecular formula is C27H29NO5. The summed E-state index contributed by atoms with van der Waals surface area (Å²) in [5.41, 5.74) is 3.94. The quantitative estimate of drug-likeness (QED) is 0.393. The molecule has 2 heterocycles. The molecule has 0 saturated carbocycles. The Labute approximate surface area is 194 Å². The summed E-state index contributed by atoms with van der Waals surface area (Å²) in [5, 5.41) is 14.8. The van der Waals surface area contributed by atoms with Gasteiger partial charge in [0, 0.05) is 12.1 Å². The number of carbonyl (C=O) groups is 2. The first-order valence-electron chi connectivity index (χ1n) is 11.0. The topological polar surface area (TPSA) is 87.1 Å². The smallest absolute Gasteiger partial charge is 0.414 e. The zero-order chi connectivity index (χ0) is 23.6. The van der Waals surface area contributed by atoms with E-state index in [-0.39, 0.29) is 6.10 Å². The van der Waals surface area contributed by atoms with Crippen LogP contribution in [0.3, 0.4) is 0 Å². The fraction of sp³-hybridized carbons (Fsp3) is 0.333. The molecule has 6 heteroatoms. The van der Waals surface area contributed by atoms with Gasteiger partial charge in [-0.3, -0.25) is 4.90 Å². The molecule has 2 aromatic rings. The minimum atomic E-state index is -1.82. The second-order valence-corrected chi connectivity index (χ2v) is 8.18. The van der Waals surface area contributed by atoms with Crippen molar-refractivity contribution in [3.05, 3.63) is 83.4 Å². The number of carboxylic acids is 2. The van der Waals surface area contributed by atoms with Crippen LogP contribution in [-0.4, -0.2) is 52.3 Å². The lowest BCUT2D eigenvalue weighted by Crippen LogP contribution is -2.40. The number of fused-ring (bicyclic) bond motifs is 2. The molecule has 4 rings (SSSR count). The molecule has 0 aromatic heterocycles. The van der Waals surface area contributed by atoms with Crippen LogP contribution in [0.5, 0.6) is 0 Å². The first-order chi connectivity index (χ1) is 16.0. The molecule has 2 bridgehead atoms. The average molecular weight is 448 g/mol. The fourth-order valence-electron chi connectivity index (χ4n) is 4.57. The lowest BCUT2D eigenvalue weighted by molar-refractivity contribution is -0.159. The van der Waals surface area contributed by atoms with Crippen molar-refractivity contribution in [2.45, 2.75) is 43.9 Å². The molecule has 2 aliphatic rings. The van der Waals surface area contributed by atoms with Crippen LogP contribution >= 0.6 is 0 Å². The number of nitrogens with zero attached hydrogens (tertiary/aromatic N) is 1. The third kappa shape index (κ3) is 6.79. The molecule has 0 amide bonds. The zero-order valence-electron chi connectivity index (χ0n) is 18.5. The van der Waals surface area contributed by atoms with Crippen LogP contribution in [0.2, 0.25) is 0 Å². The van der Waals surface area contributed by atoms with E-state index in [0.29, 0.717) is 18.7 Å². The maximum absolute atomic E-state index is 9.10. The van der Waals surface area contributed by atoms with E-state index in [0.717, 1.165) is 19.4 Å². The first kappa shape index (κ1) is 24.2. The van der Waals surface area contributed by atoms with Gasteiger partial charge in [0.15, 0.2) is 0 Å². The summed E-state index contributed by atoms with van der Waals surface area (Å²) in [6, 6.07) is 22.2. The number of hydrogen-bond acceptors (Lipinski definition) is 4. The van der Waals surface area contributed by atoms with Gasteiger partial charge in [-0.1, -0.05) is 78.2 Å². The highest BCUT2D eigenvalue weighted by atomic mass is 16.5. The second-order valence-electron chi connectivity index (χ2n) is 8.18. The van der Waals surface area contributed by atoms with Crippen molar-refractivity contribution in [2.24, 2.45) is 0 Å². The Kier molecular flexibility index (Phi) is 8.82. The van der Waals surface area contributed by atoms with Gasteiger partial charge in [0.05, 0.1) is 13.2 Å². The molecule has 0 unspecified atom stereocenters. The zero-order valence-corrected chi connectivity index (χ0v) is 18.5. The van der Waals surface area contributed by atoms with Crippen LogP contribution in [0.25, 0.3) is 0 Å². The van der Waals surface area contributed by atoms with E-state index in [2.05, 4.69) is 65.4 Å². The van der Waals surface area contributed by atoms with E-state index >= 15 is 0 Å². The maximum atomic E-state index is 9.10. The lowest BCUT2D eigenvalue weighted by atomic mass is 9.96. The molecule has 2 fully saturated rings. The summed E-state index contributed by atoms with van der Waals surface area (Å²) >= 11 is 0. The van der Waals surface area contributed by atoms with Crippen molar-refractivity contribution >= 4 is 11.9 Å². The third-order valence-electron chi connectivity index (χ3n) is 6.06. The Bertz CT molecular complexity index is 929. The summed E-state index contributed by atoms with van der Waals surface area (Å²) in [5.74, 6) is -0.819. The number of carboxylic acid groups (broad SMARTS) is 2. The standard InChI is InChI=1S/C25H27NO.C2H2O4/c1-2-16-26-23-13-14-24(26)19-20(18-23)15-17-27-25(21-9-5-3-6-10-21)22-11-7-4-8-12-22;3-1(4)2(5)6/h1,3-12,15,23-25H,13-14,16-19H2;(H,3,4)(H,5,6)/t23-,24+;. The molecule has 2 atom stereocenters. The molecule has 2 aliphatic heterocycles. The molecule has 0 radical (unpaired) electrons. The minimum absolute atomic E-state index is 0.0255. The Morgan fingerprint density at radius 3 is 1.88 bits per heavy atom. The first-order valence-corrected chi connectivity index (χ1v) is 11.0. The summed E-state index contributed by atoms with van der Waals surface area (Å²) in [7, 11) is 0. The van der Waals surface area contributed by atoms with E-state index in [4.69, 9.17) is 31.0 Å². The van der Waals surface area contributed by atoms with Crippen molar-refractivity contribution in [3.63, 3.8) is 0 Å². The Hall–Kier alpha value is -3.40. The number of terminal acetylenes is 1. The molecule has 2 aromatic carbocycles. The number of benzene rings is 2. The fourth-order valence-corrected chi connectivity index (χ4v) is 4.57. The van der Waals surface area contributed by atoms with Crippen molar-refractivity contribution in [1.29, 1.82) is 0 Å². The molecule has 33 heavy (non-hydrogen) atoms. The average Bonchev–Trinajstić information content (AvgIpc) is 3.06. The second kappa shape index (κ2) is 12.0. The SMILES string of the molecule is C#CCN1[C@@H]2CC[C@H]1CC(=CCOC(c1ccccc1)c1ccccc1)C2.O=C(O)C(=O)O. The molecule has 0 spiro atoms. The van der Waals surface area contributed by atoms with Crippen LogP contribution in [0, 0.1) is 12.3 Å². The van der Waals surface area contributed by atoms with E-state index in [1.807, 2.05) is 12.1 Å². The molecule has 0 aliphatic carbocycles. The van der Waals surface area contributed by atoms with Gasteiger partial charge in [0.1, 0.15) is 6.10 Å². The molecular weight excluding hydrogens is 418 g/mol. The van der Waals surface area contributed by atoms with Crippen LogP contribution in [0.1, 0.15) is 42.9 Å². The number of rotatable bonds is 6. The Morgan fingerprint density at radius 2 is 1.45 bits per heavy atom. The molecule has 2 N–H and O–H groups in total. The van der Waals surface area contributed by atoms with Gasteiger partial charge in [-0.2, -0.15) is 0 Å². The molecule has 2 saturated heterocycles. The number of aliphatic carboxylic acids is 2. The normalized spacial score (nSPS) is 20.7. The molecule has 172 valence electrons. The highest BCUT2D eigenvalue weighted by Gasteiger charge is 2.37. The summed E-state index contributed by atoms with van der Waals surface area (Å²) < 4.78 is 6.36.